The minimum atomic E-state index is -1.45. The lowest BCUT2D eigenvalue weighted by Gasteiger charge is -2.14. The van der Waals surface area contributed by atoms with Crippen molar-refractivity contribution in [2.45, 2.75) is 25.4 Å². The highest BCUT2D eigenvalue weighted by Gasteiger charge is 2.20. The Bertz CT molecular complexity index is 512. The summed E-state index contributed by atoms with van der Waals surface area (Å²) in [5.74, 6) is -4.53. The van der Waals surface area contributed by atoms with E-state index in [4.69, 9.17) is 39.4 Å². The van der Waals surface area contributed by atoms with Crippen LogP contribution in [-0.4, -0.2) is 110 Å². The summed E-state index contributed by atoms with van der Waals surface area (Å²) in [7, 11) is 0. The maximum atomic E-state index is 10.9. The first-order valence-corrected chi connectivity index (χ1v) is 9.95. The molecule has 14 heteroatoms. The Morgan fingerprint density at radius 3 is 1.62 bits per heavy atom. The first-order chi connectivity index (χ1) is 15.2. The largest absolute Gasteiger partial charge is 0.481 e. The van der Waals surface area contributed by atoms with E-state index in [0.29, 0.717) is 46.1 Å². The molecule has 0 aromatic rings. The second kappa shape index (κ2) is 19.2. The molecule has 0 rings (SSSR count). The lowest BCUT2D eigenvalue weighted by molar-refractivity contribution is -0.148. The average Bonchev–Trinajstić information content (AvgIpc) is 2.70. The van der Waals surface area contributed by atoms with Gasteiger partial charge in [0.1, 0.15) is 0 Å². The predicted molar refractivity (Wildman–Crippen MR) is 106 cm³/mol. The number of carbonyl (C=O) groups is 4. The molecular formula is C18H32N2O12. The average molecular weight is 468 g/mol. The molecule has 0 bridgehead atoms. The standard InChI is InChI=1S/C18H32N2O12/c21-14(22)12-13(16(23)24)2-1-4-29-6-8-31-10-11-32-9-7-30-5-3-19-15(17(25)26)20-18(27)28/h13,15,19-20H,1-12H2,(H,21,22)(H,23,24)(H,25,26)(H,27,28). The molecule has 0 saturated heterocycles. The zero-order valence-electron chi connectivity index (χ0n) is 17.7. The summed E-state index contributed by atoms with van der Waals surface area (Å²) >= 11 is 0. The van der Waals surface area contributed by atoms with Crippen molar-refractivity contribution in [1.82, 2.24) is 10.6 Å². The molecule has 0 aliphatic heterocycles. The van der Waals surface area contributed by atoms with E-state index >= 15 is 0 Å². The quantitative estimate of drug-likeness (QED) is 0.0856. The summed E-state index contributed by atoms with van der Waals surface area (Å²) in [5, 5.41) is 39.1. The molecule has 0 aromatic heterocycles. The minimum absolute atomic E-state index is 0.136. The molecule has 1 amide bonds. The van der Waals surface area contributed by atoms with Crippen molar-refractivity contribution in [3.8, 4) is 0 Å². The van der Waals surface area contributed by atoms with Crippen LogP contribution < -0.4 is 10.6 Å². The maximum absolute atomic E-state index is 10.9. The highest BCUT2D eigenvalue weighted by Crippen LogP contribution is 2.11. The highest BCUT2D eigenvalue weighted by atomic mass is 16.6. The van der Waals surface area contributed by atoms with Gasteiger partial charge in [-0.1, -0.05) is 0 Å². The van der Waals surface area contributed by atoms with Crippen LogP contribution in [0.4, 0.5) is 4.79 Å². The van der Waals surface area contributed by atoms with Gasteiger partial charge in [0, 0.05) is 13.2 Å². The Balaban J connectivity index is 3.42. The van der Waals surface area contributed by atoms with Crippen LogP contribution in [-0.2, 0) is 33.3 Å². The molecule has 0 spiro atoms. The lowest BCUT2D eigenvalue weighted by atomic mass is 10.00. The van der Waals surface area contributed by atoms with Crippen molar-refractivity contribution in [1.29, 1.82) is 0 Å². The van der Waals surface area contributed by atoms with Crippen LogP contribution in [0, 0.1) is 5.92 Å². The predicted octanol–water partition coefficient (Wildman–Crippen LogP) is -0.724. The number of amides is 1. The van der Waals surface area contributed by atoms with E-state index in [2.05, 4.69) is 5.32 Å². The Labute approximate surface area is 184 Å². The zero-order chi connectivity index (χ0) is 24.2. The Morgan fingerprint density at radius 1 is 0.688 bits per heavy atom. The fourth-order valence-corrected chi connectivity index (χ4v) is 2.32. The summed E-state index contributed by atoms with van der Waals surface area (Å²) in [6.07, 6.45) is -2.60. The molecule has 32 heavy (non-hydrogen) atoms. The van der Waals surface area contributed by atoms with Gasteiger partial charge in [0.25, 0.3) is 0 Å². The van der Waals surface area contributed by atoms with Gasteiger partial charge < -0.3 is 39.4 Å². The van der Waals surface area contributed by atoms with Crippen molar-refractivity contribution < 1.29 is 58.6 Å². The van der Waals surface area contributed by atoms with E-state index in [-0.39, 0.29) is 26.2 Å². The molecule has 0 aliphatic carbocycles. The Kier molecular flexibility index (Phi) is 17.7. The number of hydrogen-bond donors (Lipinski definition) is 6. The molecule has 0 fully saturated rings. The number of rotatable bonds is 22. The molecule has 2 atom stereocenters. The topological polar surface area (TPSA) is 210 Å². The van der Waals surface area contributed by atoms with Gasteiger partial charge in [-0.2, -0.15) is 0 Å². The third-order valence-corrected chi connectivity index (χ3v) is 3.84. The summed E-state index contributed by atoms with van der Waals surface area (Å²) in [4.78, 5) is 42.7. The first-order valence-electron chi connectivity index (χ1n) is 9.95. The molecule has 186 valence electrons. The smallest absolute Gasteiger partial charge is 0.406 e. The molecule has 0 radical (unpaired) electrons. The van der Waals surface area contributed by atoms with E-state index < -0.39 is 42.5 Å². The second-order valence-corrected chi connectivity index (χ2v) is 6.40. The molecule has 0 heterocycles. The number of hydrogen-bond acceptors (Lipinski definition) is 9. The third kappa shape index (κ3) is 18.3. The van der Waals surface area contributed by atoms with Gasteiger partial charge in [-0.05, 0) is 12.8 Å². The van der Waals surface area contributed by atoms with Crippen LogP contribution in [0.15, 0.2) is 0 Å². The summed E-state index contributed by atoms with van der Waals surface area (Å²) < 4.78 is 21.1. The van der Waals surface area contributed by atoms with Crippen molar-refractivity contribution in [2.24, 2.45) is 5.92 Å². The summed E-state index contributed by atoms with van der Waals surface area (Å²) in [6, 6.07) is 0. The van der Waals surface area contributed by atoms with Gasteiger partial charge >= 0.3 is 24.0 Å². The second-order valence-electron chi connectivity index (χ2n) is 6.40. The van der Waals surface area contributed by atoms with Crippen LogP contribution in [0.5, 0.6) is 0 Å². The van der Waals surface area contributed by atoms with E-state index in [0.717, 1.165) is 0 Å². The van der Waals surface area contributed by atoms with Crippen LogP contribution in [0.2, 0.25) is 0 Å². The van der Waals surface area contributed by atoms with Crippen LogP contribution in [0.3, 0.4) is 0 Å². The van der Waals surface area contributed by atoms with Crippen molar-refractivity contribution in [2.75, 3.05) is 59.4 Å². The summed E-state index contributed by atoms with van der Waals surface area (Å²) in [6.45, 7) is 2.52. The molecule has 6 N–H and O–H groups in total. The maximum Gasteiger partial charge on any atom is 0.406 e. The minimum Gasteiger partial charge on any atom is -0.481 e. The molecule has 14 nitrogen and oxygen atoms in total. The third-order valence-electron chi connectivity index (χ3n) is 3.84. The van der Waals surface area contributed by atoms with Gasteiger partial charge in [-0.3, -0.25) is 20.2 Å². The van der Waals surface area contributed by atoms with E-state index in [1.54, 1.807) is 5.32 Å². The van der Waals surface area contributed by atoms with Gasteiger partial charge in [-0.15, -0.1) is 0 Å². The van der Waals surface area contributed by atoms with Crippen LogP contribution in [0.1, 0.15) is 19.3 Å². The molecule has 0 saturated carbocycles. The van der Waals surface area contributed by atoms with Crippen molar-refractivity contribution in [3.63, 3.8) is 0 Å². The van der Waals surface area contributed by atoms with Gasteiger partial charge in [-0.25, -0.2) is 9.59 Å². The number of carboxylic acids is 3. The molecule has 0 aliphatic rings. The fourth-order valence-electron chi connectivity index (χ4n) is 2.32. The molecular weight excluding hydrogens is 436 g/mol. The van der Waals surface area contributed by atoms with Crippen molar-refractivity contribution >= 4 is 24.0 Å². The highest BCUT2D eigenvalue weighted by molar-refractivity contribution is 5.78. The van der Waals surface area contributed by atoms with E-state index in [1.165, 1.54) is 0 Å². The normalized spacial score (nSPS) is 12.8. The monoisotopic (exact) mass is 468 g/mol. The Morgan fingerprint density at radius 2 is 1.19 bits per heavy atom. The van der Waals surface area contributed by atoms with Gasteiger partial charge in [0.15, 0.2) is 6.17 Å². The molecule has 0 aromatic carbocycles. The fraction of sp³-hybridized carbons (Fsp3) is 0.778. The Hall–Kier alpha value is -2.52. The number of aliphatic carboxylic acids is 3. The number of carboxylic acid groups (broad SMARTS) is 4. The van der Waals surface area contributed by atoms with Crippen LogP contribution >= 0.6 is 0 Å². The van der Waals surface area contributed by atoms with Gasteiger partial charge in [0.2, 0.25) is 0 Å². The molecule has 2 unspecified atom stereocenters. The van der Waals surface area contributed by atoms with Crippen LogP contribution in [0.25, 0.3) is 0 Å². The zero-order valence-corrected chi connectivity index (χ0v) is 17.7. The summed E-state index contributed by atoms with van der Waals surface area (Å²) in [5.41, 5.74) is 0. The first kappa shape index (κ1) is 29.5. The number of nitrogens with one attached hydrogen (secondary N) is 2. The van der Waals surface area contributed by atoms with Crippen molar-refractivity contribution in [3.05, 3.63) is 0 Å². The van der Waals surface area contributed by atoms with Gasteiger partial charge in [0.05, 0.1) is 58.6 Å². The lowest BCUT2D eigenvalue weighted by Crippen LogP contribution is -2.51. The van der Waals surface area contributed by atoms with E-state index in [9.17, 15) is 19.2 Å². The number of ether oxygens (including phenoxy) is 4. The SMILES string of the molecule is O=C(O)CC(CCCOCCOCCOCCOCCNC(NC(=O)O)C(=O)O)C(=O)O. The van der Waals surface area contributed by atoms with E-state index in [1.807, 2.05) is 0 Å².